The predicted molar refractivity (Wildman–Crippen MR) is 74.4 cm³/mol. The first kappa shape index (κ1) is 13.7. The summed E-state index contributed by atoms with van der Waals surface area (Å²) in [6.45, 7) is 6.83. The standard InChI is InChI=1S/C13H20N4O2/c1-3-16-8-4-5-11(16)9-14-13-12(17(18)19)7-6-10(2)15-13/h6-7,11H,3-5,8-9H2,1-2H3,(H,14,15). The van der Waals surface area contributed by atoms with Crippen molar-refractivity contribution in [2.75, 3.05) is 25.0 Å². The lowest BCUT2D eigenvalue weighted by molar-refractivity contribution is -0.384. The Balaban J connectivity index is 2.06. The predicted octanol–water partition coefficient (Wildman–Crippen LogP) is 2.19. The Morgan fingerprint density at radius 1 is 1.58 bits per heavy atom. The van der Waals surface area contributed by atoms with E-state index in [-0.39, 0.29) is 10.6 Å². The van der Waals surface area contributed by atoms with Crippen molar-refractivity contribution in [3.05, 3.63) is 27.9 Å². The van der Waals surface area contributed by atoms with Gasteiger partial charge in [0.2, 0.25) is 5.82 Å². The summed E-state index contributed by atoms with van der Waals surface area (Å²) in [5.74, 6) is 0.382. The molecule has 0 saturated carbocycles. The monoisotopic (exact) mass is 264 g/mol. The number of likely N-dealkylation sites (N-methyl/N-ethyl adjacent to an activating group) is 1. The normalized spacial score (nSPS) is 19.6. The lowest BCUT2D eigenvalue weighted by Crippen LogP contribution is -2.34. The minimum atomic E-state index is -0.388. The van der Waals surface area contributed by atoms with Crippen LogP contribution in [-0.4, -0.2) is 40.5 Å². The molecule has 2 heterocycles. The Kier molecular flexibility index (Phi) is 4.31. The number of anilines is 1. The first-order valence-corrected chi connectivity index (χ1v) is 6.71. The summed E-state index contributed by atoms with van der Waals surface area (Å²) in [4.78, 5) is 17.2. The van der Waals surface area contributed by atoms with E-state index in [1.807, 2.05) is 6.92 Å². The van der Waals surface area contributed by atoms with Crippen LogP contribution in [0.15, 0.2) is 12.1 Å². The fourth-order valence-corrected chi connectivity index (χ4v) is 2.58. The molecule has 0 amide bonds. The van der Waals surface area contributed by atoms with E-state index in [0.717, 1.165) is 25.2 Å². The van der Waals surface area contributed by atoms with E-state index in [2.05, 4.69) is 22.1 Å². The van der Waals surface area contributed by atoms with Crippen molar-refractivity contribution in [1.82, 2.24) is 9.88 Å². The van der Waals surface area contributed by atoms with Gasteiger partial charge in [-0.15, -0.1) is 0 Å². The van der Waals surface area contributed by atoms with Gasteiger partial charge in [0.25, 0.3) is 0 Å². The molecule has 6 nitrogen and oxygen atoms in total. The van der Waals surface area contributed by atoms with Crippen molar-refractivity contribution in [3.8, 4) is 0 Å². The molecule has 1 aromatic heterocycles. The summed E-state index contributed by atoms with van der Waals surface area (Å²) >= 11 is 0. The zero-order chi connectivity index (χ0) is 13.8. The van der Waals surface area contributed by atoms with Crippen molar-refractivity contribution >= 4 is 11.5 Å². The van der Waals surface area contributed by atoms with Gasteiger partial charge in [0.05, 0.1) is 4.92 Å². The van der Waals surface area contributed by atoms with Gasteiger partial charge < -0.3 is 5.32 Å². The quantitative estimate of drug-likeness (QED) is 0.652. The second kappa shape index (κ2) is 5.97. The van der Waals surface area contributed by atoms with Crippen LogP contribution in [0.5, 0.6) is 0 Å². The second-order valence-corrected chi connectivity index (χ2v) is 4.88. The van der Waals surface area contributed by atoms with Crippen LogP contribution in [0, 0.1) is 17.0 Å². The Morgan fingerprint density at radius 2 is 2.37 bits per heavy atom. The molecule has 2 rings (SSSR count). The first-order valence-electron chi connectivity index (χ1n) is 6.71. The Hall–Kier alpha value is -1.69. The zero-order valence-electron chi connectivity index (χ0n) is 11.4. The van der Waals surface area contributed by atoms with E-state index in [4.69, 9.17) is 0 Å². The van der Waals surface area contributed by atoms with Gasteiger partial charge in [-0.25, -0.2) is 4.98 Å². The fourth-order valence-electron chi connectivity index (χ4n) is 2.58. The molecule has 1 fully saturated rings. The number of pyridine rings is 1. The van der Waals surface area contributed by atoms with Gasteiger partial charge in [0.1, 0.15) is 0 Å². The SMILES string of the molecule is CCN1CCCC1CNc1nc(C)ccc1[N+](=O)[O-]. The van der Waals surface area contributed by atoms with Crippen LogP contribution in [0.3, 0.4) is 0 Å². The van der Waals surface area contributed by atoms with Crippen molar-refractivity contribution < 1.29 is 4.92 Å². The molecule has 0 radical (unpaired) electrons. The summed E-state index contributed by atoms with van der Waals surface area (Å²) < 4.78 is 0. The Labute approximate surface area is 113 Å². The Morgan fingerprint density at radius 3 is 3.05 bits per heavy atom. The summed E-state index contributed by atoms with van der Waals surface area (Å²) in [7, 11) is 0. The minimum absolute atomic E-state index is 0.0478. The molecular weight excluding hydrogens is 244 g/mol. The number of aryl methyl sites for hydroxylation is 1. The third-order valence-electron chi connectivity index (χ3n) is 3.62. The molecule has 0 bridgehead atoms. The van der Waals surface area contributed by atoms with E-state index in [9.17, 15) is 10.1 Å². The van der Waals surface area contributed by atoms with E-state index in [0.29, 0.717) is 18.4 Å². The number of nitrogens with zero attached hydrogens (tertiary/aromatic N) is 3. The van der Waals surface area contributed by atoms with E-state index in [1.165, 1.54) is 12.5 Å². The van der Waals surface area contributed by atoms with Crippen molar-refractivity contribution in [2.24, 2.45) is 0 Å². The van der Waals surface area contributed by atoms with Crippen LogP contribution >= 0.6 is 0 Å². The maximum absolute atomic E-state index is 11.0. The third-order valence-corrected chi connectivity index (χ3v) is 3.62. The molecule has 1 unspecified atom stereocenters. The van der Waals surface area contributed by atoms with Crippen LogP contribution < -0.4 is 5.32 Å². The van der Waals surface area contributed by atoms with Gasteiger partial charge in [-0.1, -0.05) is 6.92 Å². The highest BCUT2D eigenvalue weighted by Gasteiger charge is 2.24. The summed E-state index contributed by atoms with van der Waals surface area (Å²) in [5.41, 5.74) is 0.832. The van der Waals surface area contributed by atoms with E-state index >= 15 is 0 Å². The second-order valence-electron chi connectivity index (χ2n) is 4.88. The van der Waals surface area contributed by atoms with Crippen molar-refractivity contribution in [1.29, 1.82) is 0 Å². The van der Waals surface area contributed by atoms with Crippen LogP contribution in [0.2, 0.25) is 0 Å². The zero-order valence-corrected chi connectivity index (χ0v) is 11.4. The first-order chi connectivity index (χ1) is 9.11. The number of hydrogen-bond donors (Lipinski definition) is 1. The molecule has 1 aromatic rings. The molecule has 104 valence electrons. The topological polar surface area (TPSA) is 71.3 Å². The number of likely N-dealkylation sites (tertiary alicyclic amines) is 1. The van der Waals surface area contributed by atoms with Crippen LogP contribution in [0.4, 0.5) is 11.5 Å². The summed E-state index contributed by atoms with van der Waals surface area (Å²) in [6.07, 6.45) is 2.34. The highest BCUT2D eigenvalue weighted by atomic mass is 16.6. The number of rotatable bonds is 5. The van der Waals surface area contributed by atoms with Crippen LogP contribution in [-0.2, 0) is 0 Å². The molecule has 0 aromatic carbocycles. The molecule has 1 N–H and O–H groups in total. The molecule has 1 aliphatic rings. The minimum Gasteiger partial charge on any atom is -0.363 e. The summed E-state index contributed by atoms with van der Waals surface area (Å²) in [5, 5.41) is 14.1. The maximum atomic E-state index is 11.0. The fraction of sp³-hybridized carbons (Fsp3) is 0.615. The summed E-state index contributed by atoms with van der Waals surface area (Å²) in [6, 6.07) is 3.63. The lowest BCUT2D eigenvalue weighted by Gasteiger charge is -2.23. The molecular formula is C13H20N4O2. The van der Waals surface area contributed by atoms with Crippen LogP contribution in [0.1, 0.15) is 25.5 Å². The van der Waals surface area contributed by atoms with Gasteiger partial charge in [-0.3, -0.25) is 15.0 Å². The maximum Gasteiger partial charge on any atom is 0.311 e. The van der Waals surface area contributed by atoms with E-state index < -0.39 is 0 Å². The molecule has 6 heteroatoms. The van der Waals surface area contributed by atoms with Gasteiger partial charge in [0, 0.05) is 24.3 Å². The lowest BCUT2D eigenvalue weighted by atomic mass is 10.2. The number of nitro groups is 1. The number of nitrogens with one attached hydrogen (secondary N) is 1. The molecule has 0 spiro atoms. The highest BCUT2D eigenvalue weighted by Crippen LogP contribution is 2.23. The third kappa shape index (κ3) is 3.20. The molecule has 1 atom stereocenters. The van der Waals surface area contributed by atoms with Crippen molar-refractivity contribution in [2.45, 2.75) is 32.7 Å². The van der Waals surface area contributed by atoms with E-state index in [1.54, 1.807) is 6.07 Å². The largest absolute Gasteiger partial charge is 0.363 e. The average Bonchev–Trinajstić information content (AvgIpc) is 2.83. The molecule has 1 aliphatic heterocycles. The highest BCUT2D eigenvalue weighted by molar-refractivity contribution is 5.56. The van der Waals surface area contributed by atoms with Gasteiger partial charge in [-0.05, 0) is 38.9 Å². The van der Waals surface area contributed by atoms with Crippen LogP contribution in [0.25, 0.3) is 0 Å². The molecule has 19 heavy (non-hydrogen) atoms. The van der Waals surface area contributed by atoms with Crippen molar-refractivity contribution in [3.63, 3.8) is 0 Å². The van der Waals surface area contributed by atoms with Gasteiger partial charge in [0.15, 0.2) is 0 Å². The number of aromatic nitrogens is 1. The van der Waals surface area contributed by atoms with Gasteiger partial charge in [-0.2, -0.15) is 0 Å². The molecule has 0 aliphatic carbocycles. The smallest absolute Gasteiger partial charge is 0.311 e. The average molecular weight is 264 g/mol. The number of hydrogen-bond acceptors (Lipinski definition) is 5. The molecule has 1 saturated heterocycles. The Bertz CT molecular complexity index is 464. The van der Waals surface area contributed by atoms with Gasteiger partial charge >= 0.3 is 5.69 Å².